The summed E-state index contributed by atoms with van der Waals surface area (Å²) in [5.74, 6) is 0.0831. The lowest BCUT2D eigenvalue weighted by Gasteiger charge is -2.14. The number of hydrogen-bond donors (Lipinski definition) is 1. The van der Waals surface area contributed by atoms with Gasteiger partial charge >= 0.3 is 5.97 Å². The van der Waals surface area contributed by atoms with E-state index in [0.717, 1.165) is 0 Å². The standard InChI is InChI=1S/C17H19NO6/c1-11(12-8-5-9-23-12)18-15(19)10-24-17(20)16-13(21-2)6-4-7-14(16)22-3/h4-9,11H,10H2,1-3H3,(H,18,19)/t11-/m1/s1. The molecule has 0 aliphatic rings. The van der Waals surface area contributed by atoms with Crippen molar-refractivity contribution in [2.75, 3.05) is 20.8 Å². The van der Waals surface area contributed by atoms with Crippen LogP contribution < -0.4 is 14.8 Å². The first kappa shape index (κ1) is 17.4. The first-order chi connectivity index (χ1) is 11.6. The molecular formula is C17H19NO6. The summed E-state index contributed by atoms with van der Waals surface area (Å²) in [6, 6.07) is 8.05. The van der Waals surface area contributed by atoms with E-state index in [2.05, 4.69) is 5.32 Å². The second-order valence-corrected chi connectivity index (χ2v) is 4.92. The van der Waals surface area contributed by atoms with Gasteiger partial charge in [0, 0.05) is 0 Å². The van der Waals surface area contributed by atoms with Crippen LogP contribution in [0.3, 0.4) is 0 Å². The van der Waals surface area contributed by atoms with Crippen molar-refractivity contribution in [3.05, 3.63) is 47.9 Å². The zero-order chi connectivity index (χ0) is 17.5. The van der Waals surface area contributed by atoms with Crippen molar-refractivity contribution in [1.82, 2.24) is 5.32 Å². The molecule has 1 aromatic carbocycles. The van der Waals surface area contributed by atoms with E-state index in [1.165, 1.54) is 20.5 Å². The van der Waals surface area contributed by atoms with Crippen molar-refractivity contribution in [2.45, 2.75) is 13.0 Å². The van der Waals surface area contributed by atoms with E-state index in [9.17, 15) is 9.59 Å². The van der Waals surface area contributed by atoms with E-state index < -0.39 is 18.5 Å². The molecule has 2 aromatic rings. The number of benzene rings is 1. The van der Waals surface area contributed by atoms with Crippen molar-refractivity contribution in [2.24, 2.45) is 0 Å². The highest BCUT2D eigenvalue weighted by Gasteiger charge is 2.21. The minimum Gasteiger partial charge on any atom is -0.496 e. The molecule has 1 heterocycles. The van der Waals surface area contributed by atoms with Gasteiger partial charge in [-0.25, -0.2) is 4.79 Å². The Morgan fingerprint density at radius 3 is 2.33 bits per heavy atom. The number of carbonyl (C=O) groups excluding carboxylic acids is 2. The van der Waals surface area contributed by atoms with Crippen LogP contribution >= 0.6 is 0 Å². The second-order valence-electron chi connectivity index (χ2n) is 4.92. The van der Waals surface area contributed by atoms with Gasteiger partial charge in [-0.2, -0.15) is 0 Å². The highest BCUT2D eigenvalue weighted by molar-refractivity contribution is 5.96. The van der Waals surface area contributed by atoms with Gasteiger partial charge in [0.1, 0.15) is 22.8 Å². The Bertz CT molecular complexity index is 673. The average molecular weight is 333 g/mol. The first-order valence-electron chi connectivity index (χ1n) is 7.27. The molecule has 0 spiro atoms. The van der Waals surface area contributed by atoms with Gasteiger partial charge in [0.15, 0.2) is 6.61 Å². The van der Waals surface area contributed by atoms with Gasteiger partial charge in [-0.1, -0.05) is 6.07 Å². The normalized spacial score (nSPS) is 11.5. The fourth-order valence-corrected chi connectivity index (χ4v) is 2.15. The summed E-state index contributed by atoms with van der Waals surface area (Å²) in [6.07, 6.45) is 1.52. The van der Waals surface area contributed by atoms with Gasteiger partial charge in [-0.3, -0.25) is 4.79 Å². The van der Waals surface area contributed by atoms with Crippen LogP contribution in [0.2, 0.25) is 0 Å². The maximum absolute atomic E-state index is 12.2. The summed E-state index contributed by atoms with van der Waals surface area (Å²) in [4.78, 5) is 24.1. The number of esters is 1. The molecule has 0 unspecified atom stereocenters. The number of hydrogen-bond acceptors (Lipinski definition) is 6. The fraction of sp³-hybridized carbons (Fsp3) is 0.294. The van der Waals surface area contributed by atoms with E-state index in [1.807, 2.05) is 0 Å². The molecule has 1 aromatic heterocycles. The quantitative estimate of drug-likeness (QED) is 0.783. The van der Waals surface area contributed by atoms with Crippen LogP contribution in [0.15, 0.2) is 41.0 Å². The third kappa shape index (κ3) is 4.07. The molecule has 2 rings (SSSR count). The highest BCUT2D eigenvalue weighted by atomic mass is 16.5. The zero-order valence-electron chi connectivity index (χ0n) is 13.7. The summed E-state index contributed by atoms with van der Waals surface area (Å²) in [5.41, 5.74) is 0.134. The maximum atomic E-state index is 12.2. The van der Waals surface area contributed by atoms with Crippen molar-refractivity contribution in [3.8, 4) is 11.5 Å². The van der Waals surface area contributed by atoms with Crippen molar-refractivity contribution >= 4 is 11.9 Å². The third-order valence-corrected chi connectivity index (χ3v) is 3.31. The van der Waals surface area contributed by atoms with Crippen LogP contribution in [-0.2, 0) is 9.53 Å². The first-order valence-corrected chi connectivity index (χ1v) is 7.27. The molecule has 0 fully saturated rings. The Morgan fingerprint density at radius 1 is 1.12 bits per heavy atom. The topological polar surface area (TPSA) is 87.0 Å². The number of rotatable bonds is 7. The Hall–Kier alpha value is -2.96. The molecule has 24 heavy (non-hydrogen) atoms. The van der Waals surface area contributed by atoms with Crippen LogP contribution in [0.5, 0.6) is 11.5 Å². The van der Waals surface area contributed by atoms with Gasteiger partial charge in [-0.05, 0) is 31.2 Å². The molecule has 0 bridgehead atoms. The zero-order valence-corrected chi connectivity index (χ0v) is 13.7. The lowest BCUT2D eigenvalue weighted by Crippen LogP contribution is -2.31. The summed E-state index contributed by atoms with van der Waals surface area (Å²) >= 11 is 0. The molecule has 0 aliphatic carbocycles. The molecule has 1 atom stereocenters. The Kier molecular flexibility index (Phi) is 5.83. The molecular weight excluding hydrogens is 314 g/mol. The highest BCUT2D eigenvalue weighted by Crippen LogP contribution is 2.28. The molecule has 0 radical (unpaired) electrons. The van der Waals surface area contributed by atoms with Crippen LogP contribution in [0.4, 0.5) is 0 Å². The van der Waals surface area contributed by atoms with Gasteiger partial charge in [0.05, 0.1) is 26.5 Å². The van der Waals surface area contributed by atoms with E-state index in [4.69, 9.17) is 18.6 Å². The van der Waals surface area contributed by atoms with E-state index in [0.29, 0.717) is 17.3 Å². The van der Waals surface area contributed by atoms with E-state index >= 15 is 0 Å². The van der Waals surface area contributed by atoms with Crippen molar-refractivity contribution in [3.63, 3.8) is 0 Å². The Balaban J connectivity index is 1.97. The number of amides is 1. The lowest BCUT2D eigenvalue weighted by atomic mass is 10.2. The number of methoxy groups -OCH3 is 2. The summed E-state index contributed by atoms with van der Waals surface area (Å²) < 4.78 is 20.5. The van der Waals surface area contributed by atoms with Crippen LogP contribution in [0.25, 0.3) is 0 Å². The average Bonchev–Trinajstić information content (AvgIpc) is 3.13. The number of nitrogens with one attached hydrogen (secondary N) is 1. The SMILES string of the molecule is COc1cccc(OC)c1C(=O)OCC(=O)N[C@H](C)c1ccco1. The molecule has 1 amide bonds. The summed E-state index contributed by atoms with van der Waals surface area (Å²) in [5, 5.41) is 2.67. The lowest BCUT2D eigenvalue weighted by molar-refractivity contribution is -0.125. The molecule has 7 heteroatoms. The predicted octanol–water partition coefficient (Wildman–Crippen LogP) is 2.33. The van der Waals surface area contributed by atoms with Crippen LogP contribution in [-0.4, -0.2) is 32.7 Å². The van der Waals surface area contributed by atoms with E-state index in [1.54, 1.807) is 37.3 Å². The fourth-order valence-electron chi connectivity index (χ4n) is 2.15. The molecule has 0 aliphatic heterocycles. The van der Waals surface area contributed by atoms with Gasteiger partial charge < -0.3 is 23.9 Å². The van der Waals surface area contributed by atoms with Gasteiger partial charge in [-0.15, -0.1) is 0 Å². The van der Waals surface area contributed by atoms with Crippen LogP contribution in [0, 0.1) is 0 Å². The summed E-state index contributed by atoms with van der Waals surface area (Å²) in [7, 11) is 2.87. The maximum Gasteiger partial charge on any atom is 0.346 e. The molecule has 7 nitrogen and oxygen atoms in total. The van der Waals surface area contributed by atoms with Gasteiger partial charge in [0.2, 0.25) is 0 Å². The minimum absolute atomic E-state index is 0.134. The van der Waals surface area contributed by atoms with Crippen molar-refractivity contribution in [1.29, 1.82) is 0 Å². The molecule has 0 saturated heterocycles. The largest absolute Gasteiger partial charge is 0.496 e. The second kappa shape index (κ2) is 8.05. The Morgan fingerprint density at radius 2 is 1.79 bits per heavy atom. The third-order valence-electron chi connectivity index (χ3n) is 3.31. The monoisotopic (exact) mass is 333 g/mol. The molecule has 1 N–H and O–H groups in total. The number of ether oxygens (including phenoxy) is 3. The summed E-state index contributed by atoms with van der Waals surface area (Å²) in [6.45, 7) is 1.34. The molecule has 0 saturated carbocycles. The number of carbonyl (C=O) groups is 2. The van der Waals surface area contributed by atoms with Gasteiger partial charge in [0.25, 0.3) is 5.91 Å². The Labute approximate surface area is 139 Å². The number of furan rings is 1. The minimum atomic E-state index is -0.704. The molecule has 128 valence electrons. The van der Waals surface area contributed by atoms with E-state index in [-0.39, 0.29) is 11.6 Å². The predicted molar refractivity (Wildman–Crippen MR) is 85.1 cm³/mol. The smallest absolute Gasteiger partial charge is 0.346 e. The van der Waals surface area contributed by atoms with Crippen LogP contribution in [0.1, 0.15) is 29.1 Å². The van der Waals surface area contributed by atoms with Crippen molar-refractivity contribution < 1.29 is 28.2 Å².